The van der Waals surface area contributed by atoms with E-state index in [4.69, 9.17) is 10.5 Å². The third kappa shape index (κ3) is 2.58. The van der Waals surface area contributed by atoms with Crippen molar-refractivity contribution in [2.75, 3.05) is 6.54 Å². The van der Waals surface area contributed by atoms with Crippen molar-refractivity contribution < 1.29 is 4.74 Å². The number of hydrogen-bond donors (Lipinski definition) is 1. The second-order valence-corrected chi connectivity index (χ2v) is 3.44. The molecule has 0 amide bonds. The fourth-order valence-electron chi connectivity index (χ4n) is 1.50. The summed E-state index contributed by atoms with van der Waals surface area (Å²) in [5.74, 6) is 0.786. The Morgan fingerprint density at radius 2 is 1.75 bits per heavy atom. The molecule has 0 spiro atoms. The number of nitrogens with zero attached hydrogens (tertiary/aromatic N) is 1. The third-order valence-electron chi connectivity index (χ3n) is 2.31. The molecule has 0 saturated carbocycles. The zero-order chi connectivity index (χ0) is 11.2. The first kappa shape index (κ1) is 10.6. The highest BCUT2D eigenvalue weighted by atomic mass is 16.5. The van der Waals surface area contributed by atoms with E-state index in [0.717, 1.165) is 11.3 Å². The van der Waals surface area contributed by atoms with E-state index in [2.05, 4.69) is 4.98 Å². The summed E-state index contributed by atoms with van der Waals surface area (Å²) in [6, 6.07) is 13.6. The summed E-state index contributed by atoms with van der Waals surface area (Å²) in [5, 5.41) is 0. The topological polar surface area (TPSA) is 48.1 Å². The van der Waals surface area contributed by atoms with Crippen molar-refractivity contribution in [3.8, 4) is 5.75 Å². The summed E-state index contributed by atoms with van der Waals surface area (Å²) in [7, 11) is 0. The fourth-order valence-corrected chi connectivity index (χ4v) is 1.50. The van der Waals surface area contributed by atoms with Gasteiger partial charge in [-0.05, 0) is 17.7 Å². The van der Waals surface area contributed by atoms with E-state index in [0.29, 0.717) is 6.54 Å². The molecule has 2 N–H and O–H groups in total. The summed E-state index contributed by atoms with van der Waals surface area (Å²) in [6.07, 6.45) is 3.30. The van der Waals surface area contributed by atoms with Gasteiger partial charge < -0.3 is 10.5 Å². The predicted molar refractivity (Wildman–Crippen MR) is 63.1 cm³/mol. The number of aromatic nitrogens is 1. The molecule has 0 fully saturated rings. The highest BCUT2D eigenvalue weighted by Crippen LogP contribution is 2.19. The van der Waals surface area contributed by atoms with Crippen molar-refractivity contribution in [3.05, 3.63) is 60.4 Å². The molecule has 82 valence electrons. The van der Waals surface area contributed by atoms with E-state index in [9.17, 15) is 0 Å². The molecule has 16 heavy (non-hydrogen) atoms. The van der Waals surface area contributed by atoms with Gasteiger partial charge in [0.1, 0.15) is 11.9 Å². The zero-order valence-electron chi connectivity index (χ0n) is 8.91. The summed E-state index contributed by atoms with van der Waals surface area (Å²) in [5.41, 5.74) is 6.80. The van der Waals surface area contributed by atoms with Gasteiger partial charge in [0, 0.05) is 18.9 Å². The molecule has 3 nitrogen and oxygen atoms in total. The second-order valence-electron chi connectivity index (χ2n) is 3.44. The lowest BCUT2D eigenvalue weighted by Crippen LogP contribution is -2.18. The van der Waals surface area contributed by atoms with E-state index >= 15 is 0 Å². The minimum Gasteiger partial charge on any atom is -0.484 e. The Kier molecular flexibility index (Phi) is 3.51. The van der Waals surface area contributed by atoms with Crippen LogP contribution in [0.2, 0.25) is 0 Å². The Labute approximate surface area is 94.9 Å². The minimum atomic E-state index is -0.108. The Morgan fingerprint density at radius 1 is 1.06 bits per heavy atom. The van der Waals surface area contributed by atoms with Crippen LogP contribution < -0.4 is 10.5 Å². The van der Waals surface area contributed by atoms with Crippen molar-refractivity contribution in [1.82, 2.24) is 4.98 Å². The van der Waals surface area contributed by atoms with Crippen molar-refractivity contribution >= 4 is 0 Å². The Morgan fingerprint density at radius 3 is 2.38 bits per heavy atom. The molecule has 1 unspecified atom stereocenters. The van der Waals surface area contributed by atoms with Crippen LogP contribution in [0.15, 0.2) is 54.9 Å². The van der Waals surface area contributed by atoms with Gasteiger partial charge in [-0.1, -0.05) is 30.3 Å². The molecule has 1 aromatic carbocycles. The van der Waals surface area contributed by atoms with Crippen LogP contribution in [-0.2, 0) is 0 Å². The Hall–Kier alpha value is -1.87. The third-order valence-corrected chi connectivity index (χ3v) is 2.31. The van der Waals surface area contributed by atoms with Gasteiger partial charge in [-0.25, -0.2) is 0 Å². The fraction of sp³-hybridized carbons (Fsp3) is 0.154. The minimum absolute atomic E-state index is 0.108. The summed E-state index contributed by atoms with van der Waals surface area (Å²) < 4.78 is 5.78. The van der Waals surface area contributed by atoms with Gasteiger partial charge in [0.25, 0.3) is 0 Å². The normalized spacial score (nSPS) is 12.1. The SMILES string of the molecule is NCC(Oc1ccncc1)c1ccccc1. The van der Waals surface area contributed by atoms with Crippen molar-refractivity contribution in [2.45, 2.75) is 6.10 Å². The summed E-state index contributed by atoms with van der Waals surface area (Å²) in [4.78, 5) is 3.94. The van der Waals surface area contributed by atoms with Crippen LogP contribution in [0.4, 0.5) is 0 Å². The molecular formula is C13H14N2O. The Bertz CT molecular complexity index is 416. The largest absolute Gasteiger partial charge is 0.484 e. The average molecular weight is 214 g/mol. The maximum atomic E-state index is 5.78. The molecule has 1 atom stereocenters. The monoisotopic (exact) mass is 214 g/mol. The van der Waals surface area contributed by atoms with Crippen LogP contribution in [0.5, 0.6) is 5.75 Å². The highest BCUT2D eigenvalue weighted by molar-refractivity contribution is 5.22. The van der Waals surface area contributed by atoms with E-state index < -0.39 is 0 Å². The standard InChI is InChI=1S/C13H14N2O/c14-10-13(11-4-2-1-3-5-11)16-12-6-8-15-9-7-12/h1-9,13H,10,14H2. The molecule has 1 aromatic heterocycles. The van der Waals surface area contributed by atoms with E-state index in [-0.39, 0.29) is 6.10 Å². The van der Waals surface area contributed by atoms with E-state index in [1.807, 2.05) is 42.5 Å². The molecule has 3 heteroatoms. The van der Waals surface area contributed by atoms with Crippen LogP contribution in [0.3, 0.4) is 0 Å². The summed E-state index contributed by atoms with van der Waals surface area (Å²) in [6.45, 7) is 0.451. The van der Waals surface area contributed by atoms with Crippen LogP contribution in [0, 0.1) is 0 Å². The number of hydrogen-bond acceptors (Lipinski definition) is 3. The second kappa shape index (κ2) is 5.28. The quantitative estimate of drug-likeness (QED) is 0.848. The van der Waals surface area contributed by atoms with Crippen LogP contribution in [0.1, 0.15) is 11.7 Å². The lowest BCUT2D eigenvalue weighted by molar-refractivity contribution is 0.214. The van der Waals surface area contributed by atoms with Crippen LogP contribution in [0.25, 0.3) is 0 Å². The number of pyridine rings is 1. The van der Waals surface area contributed by atoms with Gasteiger partial charge in [-0.15, -0.1) is 0 Å². The molecule has 0 saturated heterocycles. The van der Waals surface area contributed by atoms with E-state index in [1.54, 1.807) is 12.4 Å². The molecule has 0 aliphatic heterocycles. The van der Waals surface area contributed by atoms with Gasteiger partial charge in [-0.3, -0.25) is 4.98 Å². The molecular weight excluding hydrogens is 200 g/mol. The van der Waals surface area contributed by atoms with Crippen LogP contribution in [-0.4, -0.2) is 11.5 Å². The Balaban J connectivity index is 2.13. The average Bonchev–Trinajstić information content (AvgIpc) is 2.38. The van der Waals surface area contributed by atoms with Gasteiger partial charge in [0.05, 0.1) is 0 Å². The first-order chi connectivity index (χ1) is 7.90. The number of benzene rings is 1. The molecule has 2 aromatic rings. The first-order valence-corrected chi connectivity index (χ1v) is 5.22. The first-order valence-electron chi connectivity index (χ1n) is 5.22. The van der Waals surface area contributed by atoms with Gasteiger partial charge in [0.15, 0.2) is 0 Å². The highest BCUT2D eigenvalue weighted by Gasteiger charge is 2.10. The number of ether oxygens (including phenoxy) is 1. The van der Waals surface area contributed by atoms with Crippen molar-refractivity contribution in [2.24, 2.45) is 5.73 Å². The molecule has 0 aliphatic carbocycles. The van der Waals surface area contributed by atoms with Gasteiger partial charge >= 0.3 is 0 Å². The van der Waals surface area contributed by atoms with Crippen molar-refractivity contribution in [3.63, 3.8) is 0 Å². The maximum absolute atomic E-state index is 5.78. The predicted octanol–water partition coefficient (Wildman–Crippen LogP) is 2.16. The van der Waals surface area contributed by atoms with Crippen molar-refractivity contribution in [1.29, 1.82) is 0 Å². The molecule has 0 radical (unpaired) electrons. The lowest BCUT2D eigenvalue weighted by atomic mass is 10.1. The zero-order valence-corrected chi connectivity index (χ0v) is 8.91. The molecule has 1 heterocycles. The molecule has 0 aliphatic rings. The molecule has 2 rings (SSSR count). The van der Waals surface area contributed by atoms with Gasteiger partial charge in [0.2, 0.25) is 0 Å². The summed E-state index contributed by atoms with van der Waals surface area (Å²) >= 11 is 0. The molecule has 0 bridgehead atoms. The lowest BCUT2D eigenvalue weighted by Gasteiger charge is -2.17. The van der Waals surface area contributed by atoms with Crippen LogP contribution >= 0.6 is 0 Å². The van der Waals surface area contributed by atoms with Gasteiger partial charge in [-0.2, -0.15) is 0 Å². The number of rotatable bonds is 4. The smallest absolute Gasteiger partial charge is 0.136 e. The number of nitrogens with two attached hydrogens (primary N) is 1. The van der Waals surface area contributed by atoms with E-state index in [1.165, 1.54) is 0 Å². The maximum Gasteiger partial charge on any atom is 0.136 e.